The molecule has 3 aromatic heterocycles. The summed E-state index contributed by atoms with van der Waals surface area (Å²) in [5.41, 5.74) is 15.5. The van der Waals surface area contributed by atoms with E-state index in [0.29, 0.717) is 23.0 Å². The Morgan fingerprint density at radius 3 is 1.26 bits per heavy atom. The van der Waals surface area contributed by atoms with E-state index in [1.807, 2.05) is 78.9 Å². The Balaban J connectivity index is 1.11. The molecule has 0 bridgehead atoms. The molecule has 326 valence electrons. The van der Waals surface area contributed by atoms with Crippen LogP contribution < -0.4 is 0 Å². The maximum Gasteiger partial charge on any atom is 0.164 e. The van der Waals surface area contributed by atoms with Crippen molar-refractivity contribution in [2.45, 2.75) is 0 Å². The molecule has 0 amide bonds. The van der Waals surface area contributed by atoms with Gasteiger partial charge in [-0.3, -0.25) is 0 Å². The molecule has 0 aliphatic carbocycles. The van der Waals surface area contributed by atoms with Crippen LogP contribution in [0.25, 0.3) is 123 Å². The molecule has 0 unspecified atom stereocenters. The van der Waals surface area contributed by atoms with Crippen LogP contribution in [0.2, 0.25) is 0 Å². The molecule has 70 heavy (non-hydrogen) atoms. The van der Waals surface area contributed by atoms with Crippen LogP contribution in [0, 0.1) is 11.3 Å². The van der Waals surface area contributed by atoms with E-state index >= 15 is 0 Å². The third kappa shape index (κ3) is 6.84. The summed E-state index contributed by atoms with van der Waals surface area (Å²) in [6.07, 6.45) is 0. The lowest BCUT2D eigenvalue weighted by atomic mass is 9.96. The minimum atomic E-state index is 0.551. The topological polar surface area (TPSA) is 72.3 Å². The lowest BCUT2D eigenvalue weighted by Gasteiger charge is -2.20. The van der Waals surface area contributed by atoms with Crippen LogP contribution in [0.3, 0.4) is 0 Å². The summed E-state index contributed by atoms with van der Waals surface area (Å²) in [5.74, 6) is 1.73. The zero-order valence-electron chi connectivity index (χ0n) is 37.8. The highest BCUT2D eigenvalue weighted by Crippen LogP contribution is 2.44. The van der Waals surface area contributed by atoms with Crippen molar-refractivity contribution in [3.05, 3.63) is 248 Å². The zero-order valence-corrected chi connectivity index (χ0v) is 37.8. The number of hydrogen-bond acceptors (Lipinski definition) is 4. The van der Waals surface area contributed by atoms with Gasteiger partial charge >= 0.3 is 0 Å². The Hall–Kier alpha value is -9.70. The van der Waals surface area contributed by atoms with Crippen LogP contribution >= 0.6 is 0 Å². The van der Waals surface area contributed by atoms with Crippen molar-refractivity contribution < 1.29 is 0 Å². The number of para-hydroxylation sites is 3. The largest absolute Gasteiger partial charge is 0.309 e. The Morgan fingerprint density at radius 2 is 0.729 bits per heavy atom. The molecule has 0 aliphatic rings. The van der Waals surface area contributed by atoms with E-state index in [9.17, 15) is 5.26 Å². The van der Waals surface area contributed by atoms with Gasteiger partial charge in [-0.05, 0) is 70.8 Å². The maximum atomic E-state index is 11.1. The quantitative estimate of drug-likeness (QED) is 0.152. The highest BCUT2D eigenvalue weighted by atomic mass is 15.0. The molecule has 3 heterocycles. The summed E-state index contributed by atoms with van der Waals surface area (Å²) in [4.78, 5) is 15.4. The van der Waals surface area contributed by atoms with Gasteiger partial charge < -0.3 is 9.13 Å². The predicted octanol–water partition coefficient (Wildman–Crippen LogP) is 15.9. The van der Waals surface area contributed by atoms with Crippen LogP contribution in [0.1, 0.15) is 5.56 Å². The molecule has 10 aromatic carbocycles. The molecular formula is C64H40N6. The number of aromatic nitrogens is 5. The molecule has 6 nitrogen and oxygen atoms in total. The van der Waals surface area contributed by atoms with E-state index in [1.165, 1.54) is 0 Å². The number of benzene rings is 10. The molecule has 0 spiro atoms. The van der Waals surface area contributed by atoms with Gasteiger partial charge in [0.2, 0.25) is 0 Å². The van der Waals surface area contributed by atoms with Gasteiger partial charge in [0.05, 0.1) is 39.0 Å². The number of rotatable bonds is 8. The number of nitrogens with zero attached hydrogens (tertiary/aromatic N) is 6. The highest BCUT2D eigenvalue weighted by molar-refractivity contribution is 6.13. The summed E-state index contributed by atoms with van der Waals surface area (Å²) in [6.45, 7) is 0. The fourth-order valence-corrected chi connectivity index (χ4v) is 10.2. The SMILES string of the molecule is N#Cc1cccc(-c2ccc(-c3nc(-c4ccccc4)nc(-c4ccccc4)n3)cc2-n2c3ccccc3c3cc(-c4ccccc4)ccc32)c1-n1c2ccccc2c2cc(-c3ccccc3)ccc21. The van der Waals surface area contributed by atoms with Crippen LogP contribution in [0.15, 0.2) is 243 Å². The lowest BCUT2D eigenvalue weighted by molar-refractivity contribution is 1.07. The van der Waals surface area contributed by atoms with E-state index in [2.05, 4.69) is 179 Å². The molecule has 0 atom stereocenters. The summed E-state index contributed by atoms with van der Waals surface area (Å²) >= 11 is 0. The fourth-order valence-electron chi connectivity index (χ4n) is 10.2. The Kier molecular flexibility index (Phi) is 9.78. The minimum absolute atomic E-state index is 0.551. The second-order valence-electron chi connectivity index (χ2n) is 17.5. The van der Waals surface area contributed by atoms with Crippen molar-refractivity contribution in [2.75, 3.05) is 0 Å². The van der Waals surface area contributed by atoms with Gasteiger partial charge in [0, 0.05) is 49.4 Å². The van der Waals surface area contributed by atoms with E-state index in [-0.39, 0.29) is 0 Å². The summed E-state index contributed by atoms with van der Waals surface area (Å²) in [7, 11) is 0. The number of fused-ring (bicyclic) bond motifs is 6. The predicted molar refractivity (Wildman–Crippen MR) is 286 cm³/mol. The summed E-state index contributed by atoms with van der Waals surface area (Å²) in [5, 5.41) is 15.6. The molecular weight excluding hydrogens is 853 g/mol. The average molecular weight is 893 g/mol. The molecule has 0 aliphatic heterocycles. The smallest absolute Gasteiger partial charge is 0.164 e. The second-order valence-corrected chi connectivity index (χ2v) is 17.5. The van der Waals surface area contributed by atoms with Gasteiger partial charge in [0.1, 0.15) is 6.07 Å². The standard InChI is InChI=1S/C64H40N6/c65-41-49-26-17-29-53(61(49)70-57-31-16-14-28-51(57)55-39-47(34-37-59(55)70)43-20-7-2-8-21-43)52-35-32-48(64-67-62(44-22-9-3-10-23-44)66-63(68-64)45-24-11-4-12-25-45)40-60(52)69-56-30-15-13-27-50(56)54-38-46(33-36-58(54)69)42-18-5-1-6-19-42/h1-40H. The monoisotopic (exact) mass is 892 g/mol. The van der Waals surface area contributed by atoms with E-state index in [0.717, 1.165) is 105 Å². The van der Waals surface area contributed by atoms with Gasteiger partial charge in [0.15, 0.2) is 17.5 Å². The first-order valence-corrected chi connectivity index (χ1v) is 23.4. The van der Waals surface area contributed by atoms with Gasteiger partial charge in [-0.1, -0.05) is 194 Å². The van der Waals surface area contributed by atoms with Crippen LogP contribution in [0.5, 0.6) is 0 Å². The first kappa shape index (κ1) is 40.6. The molecule has 13 aromatic rings. The van der Waals surface area contributed by atoms with E-state index in [1.54, 1.807) is 0 Å². The molecule has 13 rings (SSSR count). The lowest BCUT2D eigenvalue weighted by Crippen LogP contribution is -2.05. The molecule has 6 heteroatoms. The third-order valence-electron chi connectivity index (χ3n) is 13.4. The van der Waals surface area contributed by atoms with Crippen molar-refractivity contribution in [2.24, 2.45) is 0 Å². The van der Waals surface area contributed by atoms with Crippen molar-refractivity contribution in [3.63, 3.8) is 0 Å². The molecule has 0 saturated heterocycles. The van der Waals surface area contributed by atoms with Crippen molar-refractivity contribution in [1.29, 1.82) is 5.26 Å². The summed E-state index contributed by atoms with van der Waals surface area (Å²) in [6, 6.07) is 86.9. The minimum Gasteiger partial charge on any atom is -0.309 e. The van der Waals surface area contributed by atoms with Crippen LogP contribution in [-0.2, 0) is 0 Å². The fraction of sp³-hybridized carbons (Fsp3) is 0. The molecule has 0 saturated carbocycles. The van der Waals surface area contributed by atoms with E-state index < -0.39 is 0 Å². The van der Waals surface area contributed by atoms with Gasteiger partial charge in [-0.25, -0.2) is 15.0 Å². The number of nitriles is 1. The summed E-state index contributed by atoms with van der Waals surface area (Å²) < 4.78 is 4.66. The van der Waals surface area contributed by atoms with Gasteiger partial charge in [-0.2, -0.15) is 5.26 Å². The number of hydrogen-bond donors (Lipinski definition) is 0. The highest BCUT2D eigenvalue weighted by Gasteiger charge is 2.24. The Labute approximate surface area is 404 Å². The van der Waals surface area contributed by atoms with Crippen LogP contribution in [-0.4, -0.2) is 24.1 Å². The Morgan fingerprint density at radius 1 is 0.300 bits per heavy atom. The maximum absolute atomic E-state index is 11.1. The molecule has 0 radical (unpaired) electrons. The van der Waals surface area contributed by atoms with Crippen molar-refractivity contribution in [1.82, 2.24) is 24.1 Å². The average Bonchev–Trinajstić information content (AvgIpc) is 3.95. The molecule has 0 N–H and O–H groups in total. The second kappa shape index (κ2) is 16.9. The van der Waals surface area contributed by atoms with Gasteiger partial charge in [0.25, 0.3) is 0 Å². The van der Waals surface area contributed by atoms with Crippen molar-refractivity contribution in [3.8, 4) is 85.0 Å². The zero-order chi connectivity index (χ0) is 46.5. The Bertz CT molecular complexity index is 4110. The normalized spacial score (nSPS) is 11.4. The van der Waals surface area contributed by atoms with Gasteiger partial charge in [-0.15, -0.1) is 0 Å². The van der Waals surface area contributed by atoms with E-state index in [4.69, 9.17) is 15.0 Å². The van der Waals surface area contributed by atoms with Crippen LogP contribution in [0.4, 0.5) is 0 Å². The molecule has 0 fully saturated rings. The van der Waals surface area contributed by atoms with Crippen molar-refractivity contribution >= 4 is 43.6 Å². The first-order valence-electron chi connectivity index (χ1n) is 23.4. The third-order valence-corrected chi connectivity index (χ3v) is 13.4. The first-order chi connectivity index (χ1) is 34.7.